The first-order valence-corrected chi connectivity index (χ1v) is 14.1. The summed E-state index contributed by atoms with van der Waals surface area (Å²) in [6, 6.07) is 8.86. The van der Waals surface area contributed by atoms with Crippen LogP contribution < -0.4 is 15.2 Å². The maximum absolute atomic E-state index is 11.6. The fourth-order valence-electron chi connectivity index (χ4n) is 5.26. The van der Waals surface area contributed by atoms with Crippen molar-refractivity contribution in [3.63, 3.8) is 0 Å². The first kappa shape index (κ1) is 30.5. The average Bonchev–Trinajstić information content (AvgIpc) is 3.32. The third-order valence-electron chi connectivity index (χ3n) is 7.45. The monoisotopic (exact) mass is 569 g/mol. The number of nitrogens with zero attached hydrogens (tertiary/aromatic N) is 6. The molecular weight excluding hydrogens is 526 g/mol. The Labute approximate surface area is 241 Å². The molecule has 41 heavy (non-hydrogen) atoms. The molecule has 0 saturated carbocycles. The van der Waals surface area contributed by atoms with Crippen LogP contribution in [0.25, 0.3) is 11.2 Å². The molecule has 224 valence electrons. The molecule has 12 heteroatoms. The van der Waals surface area contributed by atoms with Gasteiger partial charge in [-0.05, 0) is 69.5 Å². The van der Waals surface area contributed by atoms with Crippen molar-refractivity contribution in [1.29, 1.82) is 0 Å². The van der Waals surface area contributed by atoms with Crippen LogP contribution in [0.15, 0.2) is 24.3 Å². The Morgan fingerprint density at radius 3 is 2.61 bits per heavy atom. The number of nitrogen functional groups attached to an aromatic ring is 1. The van der Waals surface area contributed by atoms with Crippen LogP contribution >= 0.6 is 0 Å². The third-order valence-corrected chi connectivity index (χ3v) is 7.45. The van der Waals surface area contributed by atoms with E-state index in [4.69, 9.17) is 24.7 Å². The van der Waals surface area contributed by atoms with Crippen LogP contribution in [0.2, 0.25) is 0 Å². The van der Waals surface area contributed by atoms with Crippen molar-refractivity contribution < 1.29 is 23.7 Å². The fourth-order valence-corrected chi connectivity index (χ4v) is 5.26. The number of carbonyl (C=O) groups excluding carboxylic acids is 1. The zero-order valence-electron chi connectivity index (χ0n) is 24.7. The molecule has 1 aromatic carbocycles. The van der Waals surface area contributed by atoms with Gasteiger partial charge < -0.3 is 34.5 Å². The van der Waals surface area contributed by atoms with Gasteiger partial charge in [-0.3, -0.25) is 9.36 Å². The average molecular weight is 570 g/mol. The number of hydrogen-bond acceptors (Lipinski definition) is 11. The van der Waals surface area contributed by atoms with E-state index in [1.165, 1.54) is 12.7 Å². The van der Waals surface area contributed by atoms with E-state index < -0.39 is 0 Å². The van der Waals surface area contributed by atoms with Crippen molar-refractivity contribution in [2.24, 2.45) is 5.92 Å². The number of aromatic nitrogens is 4. The molecule has 0 aliphatic carbocycles. The smallest absolute Gasteiger partial charge is 0.320 e. The van der Waals surface area contributed by atoms with Gasteiger partial charge in [0, 0.05) is 20.2 Å². The lowest BCUT2D eigenvalue weighted by Crippen LogP contribution is -2.36. The molecule has 1 aliphatic heterocycles. The normalized spacial score (nSPS) is 14.6. The first-order valence-electron chi connectivity index (χ1n) is 14.1. The largest absolute Gasteiger partial charge is 0.469 e. The van der Waals surface area contributed by atoms with Gasteiger partial charge in [-0.2, -0.15) is 15.0 Å². The molecule has 3 heterocycles. The van der Waals surface area contributed by atoms with E-state index in [9.17, 15) is 4.79 Å². The Morgan fingerprint density at radius 1 is 1.10 bits per heavy atom. The number of anilines is 1. The molecule has 0 radical (unpaired) electrons. The van der Waals surface area contributed by atoms with Crippen LogP contribution in [0.4, 0.5) is 5.82 Å². The number of carbonyl (C=O) groups is 1. The number of fused-ring (bicyclic) bond motifs is 1. The number of methoxy groups -OCH3 is 3. The predicted molar refractivity (Wildman–Crippen MR) is 156 cm³/mol. The quantitative estimate of drug-likeness (QED) is 0.214. The van der Waals surface area contributed by atoms with E-state index in [2.05, 4.69) is 43.9 Å². The summed E-state index contributed by atoms with van der Waals surface area (Å²) in [5.74, 6) is 0.535. The third kappa shape index (κ3) is 8.51. The molecule has 2 N–H and O–H groups in total. The number of benzene rings is 1. The lowest BCUT2D eigenvalue weighted by atomic mass is 9.96. The number of ether oxygens (including phenoxy) is 4. The van der Waals surface area contributed by atoms with E-state index in [0.717, 1.165) is 64.1 Å². The zero-order valence-corrected chi connectivity index (χ0v) is 24.7. The standard InChI is InChI=1S/C29H43N7O5/c1-34(19-23-8-5-7-22(17-23)18-24(37)39-3)11-6-12-35-13-9-21(10-14-35)20-36-27-25(31-29(36)40-4)26(30)32-28(33-27)41-16-15-38-2/h5,7-8,17,21H,6,9-16,18-20H2,1-4H3,(H2,30,32,33). The van der Waals surface area contributed by atoms with Gasteiger partial charge >= 0.3 is 12.0 Å². The van der Waals surface area contributed by atoms with Crippen molar-refractivity contribution >= 4 is 23.0 Å². The van der Waals surface area contributed by atoms with Gasteiger partial charge in [-0.1, -0.05) is 24.3 Å². The minimum Gasteiger partial charge on any atom is -0.469 e. The molecule has 0 amide bonds. The molecule has 2 aromatic heterocycles. The van der Waals surface area contributed by atoms with Gasteiger partial charge in [0.25, 0.3) is 6.01 Å². The molecule has 0 spiro atoms. The van der Waals surface area contributed by atoms with Gasteiger partial charge in [0.05, 0.1) is 27.2 Å². The van der Waals surface area contributed by atoms with E-state index in [0.29, 0.717) is 42.7 Å². The Bertz CT molecular complexity index is 1280. The predicted octanol–water partition coefficient (Wildman–Crippen LogP) is 2.39. The van der Waals surface area contributed by atoms with Crippen LogP contribution in [-0.2, 0) is 33.8 Å². The van der Waals surface area contributed by atoms with E-state index in [-0.39, 0.29) is 17.8 Å². The topological polar surface area (TPSA) is 130 Å². The van der Waals surface area contributed by atoms with E-state index >= 15 is 0 Å². The van der Waals surface area contributed by atoms with Crippen molar-refractivity contribution in [2.45, 2.75) is 38.8 Å². The van der Waals surface area contributed by atoms with Crippen LogP contribution in [0.1, 0.15) is 30.4 Å². The summed E-state index contributed by atoms with van der Waals surface area (Å²) in [7, 11) is 6.79. The Hall–Kier alpha value is -3.48. The van der Waals surface area contributed by atoms with Crippen LogP contribution in [-0.4, -0.2) is 103 Å². The molecular formula is C29H43N7O5. The second-order valence-corrected chi connectivity index (χ2v) is 10.6. The molecule has 0 atom stereocenters. The number of imidazole rings is 1. The maximum Gasteiger partial charge on any atom is 0.320 e. The molecule has 3 aromatic rings. The Morgan fingerprint density at radius 2 is 1.88 bits per heavy atom. The van der Waals surface area contributed by atoms with Crippen molar-refractivity contribution in [3.05, 3.63) is 35.4 Å². The lowest BCUT2D eigenvalue weighted by Gasteiger charge is -2.32. The second kappa shape index (κ2) is 14.9. The maximum atomic E-state index is 11.6. The molecule has 0 bridgehead atoms. The molecule has 0 unspecified atom stereocenters. The fraction of sp³-hybridized carbons (Fsp3) is 0.586. The minimum absolute atomic E-state index is 0.213. The number of rotatable bonds is 15. The van der Waals surface area contributed by atoms with Crippen LogP contribution in [0.5, 0.6) is 12.0 Å². The van der Waals surface area contributed by atoms with E-state index in [1.807, 2.05) is 16.7 Å². The number of esters is 1. The highest BCUT2D eigenvalue weighted by atomic mass is 16.5. The summed E-state index contributed by atoms with van der Waals surface area (Å²) in [4.78, 5) is 29.8. The van der Waals surface area contributed by atoms with Gasteiger partial charge in [-0.15, -0.1) is 0 Å². The van der Waals surface area contributed by atoms with E-state index in [1.54, 1.807) is 14.2 Å². The number of likely N-dealkylation sites (tertiary alicyclic amines) is 1. The lowest BCUT2D eigenvalue weighted by molar-refractivity contribution is -0.139. The number of hydrogen-bond donors (Lipinski definition) is 1. The summed E-state index contributed by atoms with van der Waals surface area (Å²) in [5.41, 5.74) is 9.51. The molecule has 1 aliphatic rings. The molecule has 1 fully saturated rings. The highest BCUT2D eigenvalue weighted by molar-refractivity contribution is 5.83. The van der Waals surface area contributed by atoms with Crippen molar-refractivity contribution in [2.75, 3.05) is 73.5 Å². The van der Waals surface area contributed by atoms with Gasteiger partial charge in [0.15, 0.2) is 17.0 Å². The highest BCUT2D eigenvalue weighted by Crippen LogP contribution is 2.29. The van der Waals surface area contributed by atoms with Crippen molar-refractivity contribution in [3.8, 4) is 12.0 Å². The number of piperidine rings is 1. The highest BCUT2D eigenvalue weighted by Gasteiger charge is 2.24. The summed E-state index contributed by atoms with van der Waals surface area (Å²) in [6.45, 7) is 6.57. The number of nitrogens with two attached hydrogens (primary N) is 1. The SMILES string of the molecule is COCCOc1nc(N)c2nc(OC)n(CC3CCN(CCCN(C)Cc4cccc(CC(=O)OC)c4)CC3)c2n1. The zero-order chi connectivity index (χ0) is 29.2. The summed E-state index contributed by atoms with van der Waals surface area (Å²) < 4.78 is 23.0. The second-order valence-electron chi connectivity index (χ2n) is 10.6. The van der Waals surface area contributed by atoms with Crippen LogP contribution in [0.3, 0.4) is 0 Å². The molecule has 12 nitrogen and oxygen atoms in total. The Balaban J connectivity index is 1.24. The molecule has 4 rings (SSSR count). The van der Waals surface area contributed by atoms with Crippen molar-refractivity contribution in [1.82, 2.24) is 29.3 Å². The first-order chi connectivity index (χ1) is 19.9. The summed E-state index contributed by atoms with van der Waals surface area (Å²) in [5, 5.41) is 0. The minimum atomic E-state index is -0.215. The van der Waals surface area contributed by atoms with Gasteiger partial charge in [-0.25, -0.2) is 0 Å². The van der Waals surface area contributed by atoms with Gasteiger partial charge in [0.1, 0.15) is 6.61 Å². The van der Waals surface area contributed by atoms with Crippen LogP contribution in [0, 0.1) is 5.92 Å². The molecule has 1 saturated heterocycles. The Kier molecular flexibility index (Phi) is 11.1. The van der Waals surface area contributed by atoms with Gasteiger partial charge in [0.2, 0.25) is 0 Å². The summed E-state index contributed by atoms with van der Waals surface area (Å²) >= 11 is 0. The summed E-state index contributed by atoms with van der Waals surface area (Å²) in [6.07, 6.45) is 3.58.